The summed E-state index contributed by atoms with van der Waals surface area (Å²) in [7, 11) is 2.02. The summed E-state index contributed by atoms with van der Waals surface area (Å²) >= 11 is 0. The molecule has 2 rings (SSSR count). The molecule has 0 saturated heterocycles. The quantitative estimate of drug-likeness (QED) is 0.842. The molecule has 0 radical (unpaired) electrons. The van der Waals surface area contributed by atoms with Gasteiger partial charge in [-0.2, -0.15) is 0 Å². The smallest absolute Gasteiger partial charge is 0.133 e. The molecule has 0 spiro atoms. The van der Waals surface area contributed by atoms with Crippen molar-refractivity contribution in [1.82, 2.24) is 9.88 Å². The van der Waals surface area contributed by atoms with E-state index < -0.39 is 11.6 Å². The van der Waals surface area contributed by atoms with E-state index in [9.17, 15) is 8.78 Å². The Morgan fingerprint density at radius 3 is 2.55 bits per heavy atom. The van der Waals surface area contributed by atoms with Crippen molar-refractivity contribution >= 4 is 0 Å². The average molecular weight is 276 g/mol. The van der Waals surface area contributed by atoms with Gasteiger partial charge >= 0.3 is 0 Å². The molecule has 106 valence electrons. The number of hydrogen-bond acceptors (Lipinski definition) is 2. The van der Waals surface area contributed by atoms with E-state index in [1.54, 1.807) is 12.4 Å². The van der Waals surface area contributed by atoms with E-state index >= 15 is 0 Å². The predicted molar refractivity (Wildman–Crippen MR) is 76.2 cm³/mol. The van der Waals surface area contributed by atoms with Crippen LogP contribution < -0.4 is 0 Å². The Hall–Kier alpha value is -1.81. The van der Waals surface area contributed by atoms with Crippen LogP contribution in [0.15, 0.2) is 36.7 Å². The zero-order valence-electron chi connectivity index (χ0n) is 11.9. The summed E-state index contributed by atoms with van der Waals surface area (Å²) < 4.78 is 26.7. The molecule has 0 aliphatic rings. The highest BCUT2D eigenvalue weighted by Crippen LogP contribution is 2.23. The minimum absolute atomic E-state index is 0.368. The zero-order valence-corrected chi connectivity index (χ0v) is 11.9. The van der Waals surface area contributed by atoms with Gasteiger partial charge in [0.05, 0.1) is 0 Å². The average Bonchev–Trinajstić information content (AvgIpc) is 2.38. The van der Waals surface area contributed by atoms with Crippen molar-refractivity contribution in [1.29, 1.82) is 0 Å². The highest BCUT2D eigenvalue weighted by atomic mass is 19.1. The number of benzene rings is 1. The van der Waals surface area contributed by atoms with Gasteiger partial charge < -0.3 is 0 Å². The summed E-state index contributed by atoms with van der Waals surface area (Å²) in [4.78, 5) is 6.32. The van der Waals surface area contributed by atoms with Crippen LogP contribution in [0, 0.1) is 11.6 Å². The van der Waals surface area contributed by atoms with Crippen molar-refractivity contribution in [3.8, 4) is 11.1 Å². The van der Waals surface area contributed by atoms with Crippen LogP contribution in [0.3, 0.4) is 0 Å². The van der Waals surface area contributed by atoms with Gasteiger partial charge in [0.2, 0.25) is 0 Å². The molecule has 0 bridgehead atoms. The highest BCUT2D eigenvalue weighted by Gasteiger charge is 2.09. The van der Waals surface area contributed by atoms with Crippen LogP contribution >= 0.6 is 0 Å². The van der Waals surface area contributed by atoms with Gasteiger partial charge in [-0.3, -0.25) is 9.88 Å². The Morgan fingerprint density at radius 1 is 1.15 bits per heavy atom. The van der Waals surface area contributed by atoms with Crippen LogP contribution in [0.4, 0.5) is 8.78 Å². The van der Waals surface area contributed by atoms with Crippen LogP contribution in [0.2, 0.25) is 0 Å². The van der Waals surface area contributed by atoms with E-state index in [0.717, 1.165) is 18.2 Å². The van der Waals surface area contributed by atoms with Crippen molar-refractivity contribution < 1.29 is 8.78 Å². The minimum atomic E-state index is -0.574. The second-order valence-corrected chi connectivity index (χ2v) is 5.21. The van der Waals surface area contributed by atoms with Gasteiger partial charge in [-0.15, -0.1) is 0 Å². The highest BCUT2D eigenvalue weighted by molar-refractivity contribution is 5.63. The maximum atomic E-state index is 13.8. The summed E-state index contributed by atoms with van der Waals surface area (Å²) in [5.41, 5.74) is 2.03. The van der Waals surface area contributed by atoms with E-state index in [0.29, 0.717) is 17.2 Å². The number of aromatic nitrogens is 1. The predicted octanol–water partition coefficient (Wildman–Crippen LogP) is 3.87. The number of rotatable bonds is 4. The molecule has 1 heterocycles. The van der Waals surface area contributed by atoms with Crippen molar-refractivity contribution in [2.24, 2.45) is 0 Å². The fourth-order valence-corrected chi connectivity index (χ4v) is 1.92. The number of nitrogens with zero attached hydrogens (tertiary/aromatic N) is 2. The molecule has 0 saturated carbocycles. The maximum absolute atomic E-state index is 13.8. The molecule has 4 heteroatoms. The van der Waals surface area contributed by atoms with Crippen molar-refractivity contribution in [3.05, 3.63) is 53.9 Å². The monoisotopic (exact) mass is 276 g/mol. The Labute approximate surface area is 118 Å². The molecule has 1 aromatic heterocycles. The molecule has 0 unspecified atom stereocenters. The van der Waals surface area contributed by atoms with Gasteiger partial charge in [0.15, 0.2) is 0 Å². The third kappa shape index (κ3) is 3.39. The van der Waals surface area contributed by atoms with Crippen LogP contribution in [-0.2, 0) is 6.54 Å². The molecule has 0 N–H and O–H groups in total. The van der Waals surface area contributed by atoms with Gasteiger partial charge in [0.1, 0.15) is 11.6 Å². The molecular formula is C16H18F2N2. The zero-order chi connectivity index (χ0) is 14.7. The van der Waals surface area contributed by atoms with Gasteiger partial charge in [-0.25, -0.2) is 8.78 Å². The maximum Gasteiger partial charge on any atom is 0.133 e. The molecule has 20 heavy (non-hydrogen) atoms. The molecule has 0 atom stereocenters. The van der Waals surface area contributed by atoms with Crippen LogP contribution in [0.25, 0.3) is 11.1 Å². The molecule has 0 aliphatic carbocycles. The first kappa shape index (κ1) is 14.6. The Kier molecular flexibility index (Phi) is 4.45. The minimum Gasteiger partial charge on any atom is -0.300 e. The van der Waals surface area contributed by atoms with E-state index in [4.69, 9.17) is 0 Å². The van der Waals surface area contributed by atoms with E-state index in [-0.39, 0.29) is 0 Å². The van der Waals surface area contributed by atoms with E-state index in [1.807, 2.05) is 13.1 Å². The molecule has 2 aromatic rings. The largest absolute Gasteiger partial charge is 0.300 e. The standard InChI is InChI=1S/C16H18F2N2/c1-11(2)20(3)10-12-6-13(9-19-8-12)15-5-4-14(17)7-16(15)18/h4-9,11H,10H2,1-3H3. The first-order chi connectivity index (χ1) is 9.47. The second-order valence-electron chi connectivity index (χ2n) is 5.21. The van der Waals surface area contributed by atoms with Gasteiger partial charge in [0.25, 0.3) is 0 Å². The van der Waals surface area contributed by atoms with E-state index in [1.165, 1.54) is 12.1 Å². The second kappa shape index (κ2) is 6.09. The molecular weight excluding hydrogens is 258 g/mol. The Balaban J connectivity index is 2.29. The van der Waals surface area contributed by atoms with Gasteiger partial charge in [-0.05, 0) is 44.7 Å². The Bertz CT molecular complexity index is 597. The summed E-state index contributed by atoms with van der Waals surface area (Å²) in [6.07, 6.45) is 3.36. The summed E-state index contributed by atoms with van der Waals surface area (Å²) in [6, 6.07) is 5.90. The molecule has 0 fully saturated rings. The van der Waals surface area contributed by atoms with Crippen LogP contribution in [-0.4, -0.2) is 23.0 Å². The lowest BCUT2D eigenvalue weighted by atomic mass is 10.1. The summed E-state index contributed by atoms with van der Waals surface area (Å²) in [6.45, 7) is 4.95. The van der Waals surface area contributed by atoms with E-state index in [2.05, 4.69) is 23.7 Å². The van der Waals surface area contributed by atoms with Crippen LogP contribution in [0.1, 0.15) is 19.4 Å². The SMILES string of the molecule is CC(C)N(C)Cc1cncc(-c2ccc(F)cc2F)c1. The number of hydrogen-bond donors (Lipinski definition) is 0. The topological polar surface area (TPSA) is 16.1 Å². The lowest BCUT2D eigenvalue weighted by molar-refractivity contribution is 0.265. The third-order valence-electron chi connectivity index (χ3n) is 3.35. The normalized spacial score (nSPS) is 11.3. The lowest BCUT2D eigenvalue weighted by Crippen LogP contribution is -2.25. The van der Waals surface area contributed by atoms with Crippen molar-refractivity contribution in [2.45, 2.75) is 26.4 Å². The molecule has 2 nitrogen and oxygen atoms in total. The van der Waals surface area contributed by atoms with Crippen molar-refractivity contribution in [3.63, 3.8) is 0 Å². The fourth-order valence-electron chi connectivity index (χ4n) is 1.92. The summed E-state index contributed by atoms with van der Waals surface area (Å²) in [5, 5.41) is 0. The number of halogens is 2. The first-order valence-electron chi connectivity index (χ1n) is 6.57. The first-order valence-corrected chi connectivity index (χ1v) is 6.57. The lowest BCUT2D eigenvalue weighted by Gasteiger charge is -2.21. The van der Waals surface area contributed by atoms with Crippen LogP contribution in [0.5, 0.6) is 0 Å². The third-order valence-corrected chi connectivity index (χ3v) is 3.35. The van der Waals surface area contributed by atoms with Crippen molar-refractivity contribution in [2.75, 3.05) is 7.05 Å². The fraction of sp³-hybridized carbons (Fsp3) is 0.312. The molecule has 0 amide bonds. The Morgan fingerprint density at radius 2 is 1.90 bits per heavy atom. The number of pyridine rings is 1. The summed E-state index contributed by atoms with van der Waals surface area (Å²) in [5.74, 6) is -1.14. The molecule has 0 aliphatic heterocycles. The van der Waals surface area contributed by atoms with Gasteiger partial charge in [-0.1, -0.05) is 0 Å². The van der Waals surface area contributed by atoms with Gasteiger partial charge in [0, 0.05) is 42.2 Å². The molecule has 1 aromatic carbocycles.